The number of benzene rings is 1. The van der Waals surface area contributed by atoms with Crippen molar-refractivity contribution in [2.45, 2.75) is 44.8 Å². The fourth-order valence-electron chi connectivity index (χ4n) is 3.21. The van der Waals surface area contributed by atoms with Gasteiger partial charge in [0, 0.05) is 10.0 Å². The first-order valence-electron chi connectivity index (χ1n) is 8.40. The van der Waals surface area contributed by atoms with Crippen LogP contribution in [-0.4, -0.2) is 33.6 Å². The molecule has 0 spiro atoms. The standard InChI is InChI=1S/C18H20BrIN2O3/c1-2-25-18(24)17-15(20)16(11-6-8-12(19)9-7-11)21-22(17)13-4-3-5-14(23)10-13/h6-9,13-14,23H,2-5,10H2,1H3. The summed E-state index contributed by atoms with van der Waals surface area (Å²) in [5.41, 5.74) is 2.21. The van der Waals surface area contributed by atoms with E-state index in [9.17, 15) is 9.90 Å². The summed E-state index contributed by atoms with van der Waals surface area (Å²) in [5.74, 6) is -0.358. The molecular formula is C18H20BrIN2O3. The summed E-state index contributed by atoms with van der Waals surface area (Å²) in [6, 6.07) is 7.88. The van der Waals surface area contributed by atoms with Crippen LogP contribution < -0.4 is 0 Å². The van der Waals surface area contributed by atoms with Gasteiger partial charge < -0.3 is 9.84 Å². The van der Waals surface area contributed by atoms with E-state index < -0.39 is 0 Å². The maximum absolute atomic E-state index is 12.6. The summed E-state index contributed by atoms with van der Waals surface area (Å²) in [7, 11) is 0. The Balaban J connectivity index is 2.07. The maximum atomic E-state index is 12.6. The Morgan fingerprint density at radius 3 is 2.76 bits per heavy atom. The molecule has 1 heterocycles. The van der Waals surface area contributed by atoms with Crippen LogP contribution in [-0.2, 0) is 4.74 Å². The lowest BCUT2D eigenvalue weighted by Gasteiger charge is -2.27. The molecule has 0 amide bonds. The first-order valence-corrected chi connectivity index (χ1v) is 10.3. The van der Waals surface area contributed by atoms with E-state index in [0.29, 0.717) is 18.7 Å². The van der Waals surface area contributed by atoms with Crippen molar-refractivity contribution in [1.82, 2.24) is 9.78 Å². The second kappa shape index (κ2) is 8.18. The SMILES string of the molecule is CCOC(=O)c1c(I)c(-c2ccc(Br)cc2)nn1C1CCCC(O)C1. The summed E-state index contributed by atoms with van der Waals surface area (Å²) < 4.78 is 8.82. The minimum atomic E-state index is -0.358. The van der Waals surface area contributed by atoms with E-state index in [1.807, 2.05) is 24.3 Å². The number of hydrogen-bond acceptors (Lipinski definition) is 4. The van der Waals surface area contributed by atoms with Crippen molar-refractivity contribution in [2.75, 3.05) is 6.61 Å². The Kier molecular flexibility index (Phi) is 6.17. The molecule has 1 aromatic heterocycles. The number of aliphatic hydroxyl groups excluding tert-OH is 1. The zero-order chi connectivity index (χ0) is 18.0. The van der Waals surface area contributed by atoms with Gasteiger partial charge in [0.15, 0.2) is 5.69 Å². The number of carbonyl (C=O) groups is 1. The van der Waals surface area contributed by atoms with Crippen LogP contribution in [0.5, 0.6) is 0 Å². The average molecular weight is 519 g/mol. The van der Waals surface area contributed by atoms with Gasteiger partial charge in [-0.05, 0) is 67.3 Å². The third-order valence-corrected chi connectivity index (χ3v) is 5.95. The molecular weight excluding hydrogens is 499 g/mol. The largest absolute Gasteiger partial charge is 0.461 e. The molecule has 1 N–H and O–H groups in total. The smallest absolute Gasteiger partial charge is 0.357 e. The second-order valence-corrected chi connectivity index (χ2v) is 8.15. The molecule has 25 heavy (non-hydrogen) atoms. The predicted octanol–water partition coefficient (Wildman–Crippen LogP) is 4.57. The fraction of sp³-hybridized carbons (Fsp3) is 0.444. The highest BCUT2D eigenvalue weighted by atomic mass is 127. The van der Waals surface area contributed by atoms with Crippen LogP contribution in [0.1, 0.15) is 49.1 Å². The molecule has 5 nitrogen and oxygen atoms in total. The van der Waals surface area contributed by atoms with E-state index in [-0.39, 0.29) is 18.1 Å². The van der Waals surface area contributed by atoms with Gasteiger partial charge in [-0.2, -0.15) is 5.10 Å². The lowest BCUT2D eigenvalue weighted by atomic mass is 9.93. The van der Waals surface area contributed by atoms with Crippen LogP contribution in [0.2, 0.25) is 0 Å². The van der Waals surface area contributed by atoms with E-state index in [1.165, 1.54) is 0 Å². The Hall–Kier alpha value is -0.930. The molecule has 2 aromatic rings. The molecule has 0 bridgehead atoms. The number of hydrogen-bond donors (Lipinski definition) is 1. The minimum absolute atomic E-state index is 0.0147. The highest BCUT2D eigenvalue weighted by molar-refractivity contribution is 14.1. The van der Waals surface area contributed by atoms with Crippen LogP contribution >= 0.6 is 38.5 Å². The van der Waals surface area contributed by atoms with Gasteiger partial charge >= 0.3 is 5.97 Å². The van der Waals surface area contributed by atoms with Gasteiger partial charge in [-0.1, -0.05) is 28.1 Å². The first-order chi connectivity index (χ1) is 12.0. The van der Waals surface area contributed by atoms with E-state index >= 15 is 0 Å². The molecule has 1 aromatic carbocycles. The number of halogens is 2. The van der Waals surface area contributed by atoms with Crippen molar-refractivity contribution >= 4 is 44.5 Å². The number of carbonyl (C=O) groups excluding carboxylic acids is 1. The van der Waals surface area contributed by atoms with Crippen molar-refractivity contribution in [3.05, 3.63) is 38.0 Å². The zero-order valence-electron chi connectivity index (χ0n) is 13.9. The van der Waals surface area contributed by atoms with Crippen molar-refractivity contribution in [1.29, 1.82) is 0 Å². The second-order valence-electron chi connectivity index (χ2n) is 6.16. The Labute approximate surface area is 169 Å². The fourth-order valence-corrected chi connectivity index (χ4v) is 4.37. The van der Waals surface area contributed by atoms with Gasteiger partial charge in [0.1, 0.15) is 5.69 Å². The normalized spacial score (nSPS) is 20.5. The summed E-state index contributed by atoms with van der Waals surface area (Å²) in [4.78, 5) is 12.6. The summed E-state index contributed by atoms with van der Waals surface area (Å²) in [6.45, 7) is 2.12. The molecule has 1 fully saturated rings. The number of aromatic nitrogens is 2. The predicted molar refractivity (Wildman–Crippen MR) is 108 cm³/mol. The van der Waals surface area contributed by atoms with Gasteiger partial charge in [-0.15, -0.1) is 0 Å². The topological polar surface area (TPSA) is 64.3 Å². The number of rotatable bonds is 4. The lowest BCUT2D eigenvalue weighted by molar-refractivity contribution is 0.0493. The Morgan fingerprint density at radius 2 is 2.12 bits per heavy atom. The van der Waals surface area contributed by atoms with Crippen LogP contribution in [0.15, 0.2) is 28.7 Å². The average Bonchev–Trinajstić information content (AvgIpc) is 2.93. The van der Waals surface area contributed by atoms with Gasteiger partial charge in [-0.25, -0.2) is 4.79 Å². The highest BCUT2D eigenvalue weighted by Crippen LogP contribution is 2.35. The molecule has 7 heteroatoms. The molecule has 134 valence electrons. The van der Waals surface area contributed by atoms with Crippen molar-refractivity contribution in [2.24, 2.45) is 0 Å². The third-order valence-electron chi connectivity index (χ3n) is 4.40. The summed E-state index contributed by atoms with van der Waals surface area (Å²) in [6.07, 6.45) is 2.92. The van der Waals surface area contributed by atoms with Gasteiger partial charge in [0.25, 0.3) is 0 Å². The molecule has 0 saturated heterocycles. The van der Waals surface area contributed by atoms with Crippen molar-refractivity contribution in [3.8, 4) is 11.3 Å². The first kappa shape index (κ1) is 18.8. The van der Waals surface area contributed by atoms with Gasteiger partial charge in [-0.3, -0.25) is 4.68 Å². The van der Waals surface area contributed by atoms with Gasteiger partial charge in [0.05, 0.1) is 22.3 Å². The quantitative estimate of drug-likeness (QED) is 0.475. The van der Waals surface area contributed by atoms with Crippen molar-refractivity contribution in [3.63, 3.8) is 0 Å². The zero-order valence-corrected chi connectivity index (χ0v) is 17.7. The third kappa shape index (κ3) is 4.09. The van der Waals surface area contributed by atoms with E-state index in [1.54, 1.807) is 11.6 Å². The van der Waals surface area contributed by atoms with Gasteiger partial charge in [0.2, 0.25) is 0 Å². The van der Waals surface area contributed by atoms with E-state index in [4.69, 9.17) is 9.84 Å². The molecule has 2 atom stereocenters. The number of nitrogens with zero attached hydrogens (tertiary/aromatic N) is 2. The molecule has 0 radical (unpaired) electrons. The summed E-state index contributed by atoms with van der Waals surface area (Å²) >= 11 is 5.61. The molecule has 3 rings (SSSR count). The molecule has 1 saturated carbocycles. The minimum Gasteiger partial charge on any atom is -0.461 e. The number of aliphatic hydroxyl groups is 1. The molecule has 1 aliphatic rings. The molecule has 0 aliphatic heterocycles. The highest BCUT2D eigenvalue weighted by Gasteiger charge is 2.30. The summed E-state index contributed by atoms with van der Waals surface area (Å²) in [5, 5.41) is 14.8. The van der Waals surface area contributed by atoms with Crippen LogP contribution in [0, 0.1) is 3.57 Å². The molecule has 2 unspecified atom stereocenters. The lowest BCUT2D eigenvalue weighted by Crippen LogP contribution is -2.26. The molecule has 1 aliphatic carbocycles. The Bertz CT molecular complexity index is 760. The van der Waals surface area contributed by atoms with E-state index in [2.05, 4.69) is 38.5 Å². The van der Waals surface area contributed by atoms with Crippen molar-refractivity contribution < 1.29 is 14.6 Å². The maximum Gasteiger partial charge on any atom is 0.357 e. The van der Waals surface area contributed by atoms with Crippen LogP contribution in [0.4, 0.5) is 0 Å². The van der Waals surface area contributed by atoms with E-state index in [0.717, 1.165) is 38.6 Å². The van der Waals surface area contributed by atoms with Crippen LogP contribution in [0.25, 0.3) is 11.3 Å². The Morgan fingerprint density at radius 1 is 1.40 bits per heavy atom. The number of ether oxygens (including phenoxy) is 1. The van der Waals surface area contributed by atoms with Crippen LogP contribution in [0.3, 0.4) is 0 Å². The monoisotopic (exact) mass is 518 g/mol. The number of esters is 1.